The molecule has 0 saturated carbocycles. The van der Waals surface area contributed by atoms with E-state index in [2.05, 4.69) is 20.0 Å². The van der Waals surface area contributed by atoms with Crippen LogP contribution in [0.2, 0.25) is 0 Å². The molecule has 0 aliphatic carbocycles. The van der Waals surface area contributed by atoms with Gasteiger partial charge >= 0.3 is 0 Å². The number of hydrogen-bond acceptors (Lipinski definition) is 7. The minimum Gasteiger partial charge on any atom is -0.378 e. The van der Waals surface area contributed by atoms with Crippen LogP contribution in [0.1, 0.15) is 37.0 Å². The molecule has 176 valence electrons. The number of nitrogens with zero attached hydrogens (tertiary/aromatic N) is 5. The zero-order valence-electron chi connectivity index (χ0n) is 19.7. The van der Waals surface area contributed by atoms with Crippen LogP contribution < -0.4 is 11.1 Å². The first kappa shape index (κ1) is 22.1. The lowest BCUT2D eigenvalue weighted by molar-refractivity contribution is -0.135. The molecular formula is C25H29N7O2. The van der Waals surface area contributed by atoms with Gasteiger partial charge in [0.15, 0.2) is 0 Å². The topological polar surface area (TPSA) is 115 Å². The van der Waals surface area contributed by atoms with E-state index in [0.29, 0.717) is 18.3 Å². The fraction of sp³-hybridized carbons (Fsp3) is 0.360. The van der Waals surface area contributed by atoms with Gasteiger partial charge in [-0.3, -0.25) is 4.79 Å². The Labute approximate surface area is 198 Å². The van der Waals surface area contributed by atoms with Gasteiger partial charge in [-0.15, -0.1) is 0 Å². The number of anilines is 1. The summed E-state index contributed by atoms with van der Waals surface area (Å²) >= 11 is 0. The minimum atomic E-state index is -1.08. The average molecular weight is 460 g/mol. The van der Waals surface area contributed by atoms with Crippen molar-refractivity contribution < 1.29 is 9.32 Å². The third-order valence-electron chi connectivity index (χ3n) is 6.53. The number of nitrogens with one attached hydrogen (secondary N) is 1. The van der Waals surface area contributed by atoms with Crippen molar-refractivity contribution in [1.82, 2.24) is 24.6 Å². The van der Waals surface area contributed by atoms with E-state index in [1.807, 2.05) is 54.4 Å². The van der Waals surface area contributed by atoms with E-state index >= 15 is 0 Å². The minimum absolute atomic E-state index is 0.0263. The Hall–Kier alpha value is -3.72. The molecule has 2 aromatic carbocycles. The second-order valence-corrected chi connectivity index (χ2v) is 9.06. The Morgan fingerprint density at radius 1 is 1.15 bits per heavy atom. The third-order valence-corrected chi connectivity index (χ3v) is 6.53. The molecule has 1 atom stereocenters. The second-order valence-electron chi connectivity index (χ2n) is 9.06. The van der Waals surface area contributed by atoms with E-state index in [1.165, 1.54) is 0 Å². The summed E-state index contributed by atoms with van der Waals surface area (Å²) in [5.74, 6) is 1.97. The van der Waals surface area contributed by atoms with Crippen molar-refractivity contribution in [3.8, 4) is 11.4 Å². The summed E-state index contributed by atoms with van der Waals surface area (Å²) in [4.78, 5) is 23.9. The van der Waals surface area contributed by atoms with Gasteiger partial charge in [-0.1, -0.05) is 11.2 Å². The molecule has 0 radical (unpaired) electrons. The van der Waals surface area contributed by atoms with Gasteiger partial charge in [0.25, 0.3) is 0 Å². The van der Waals surface area contributed by atoms with Gasteiger partial charge in [0.2, 0.25) is 17.6 Å². The van der Waals surface area contributed by atoms with Crippen LogP contribution in [0.5, 0.6) is 0 Å². The Kier molecular flexibility index (Phi) is 5.57. The van der Waals surface area contributed by atoms with Gasteiger partial charge in [-0.05, 0) is 61.7 Å². The van der Waals surface area contributed by atoms with Gasteiger partial charge in [-0.25, -0.2) is 4.98 Å². The molecule has 4 aromatic rings. The van der Waals surface area contributed by atoms with Crippen LogP contribution in [0.3, 0.4) is 0 Å². The number of rotatable bonds is 6. The standard InChI is InChI=1S/C25H29N7O2/c1-16-28-23(30-34-16)17-6-9-19(10-7-17)27-15-22-29-20-14-18(8-11-21(20)31(22)3)25(2,26)24(33)32-12-4-5-13-32/h6-11,14,27H,4-5,12-13,15,26H2,1-3H3/t25-/m1/s1. The summed E-state index contributed by atoms with van der Waals surface area (Å²) in [6.45, 7) is 5.67. The fourth-order valence-electron chi connectivity index (χ4n) is 4.44. The molecule has 0 unspecified atom stereocenters. The third kappa shape index (κ3) is 4.03. The predicted molar refractivity (Wildman–Crippen MR) is 130 cm³/mol. The fourth-order valence-corrected chi connectivity index (χ4v) is 4.44. The molecule has 1 aliphatic rings. The smallest absolute Gasteiger partial charge is 0.246 e. The lowest BCUT2D eigenvalue weighted by Crippen LogP contribution is -2.50. The summed E-state index contributed by atoms with van der Waals surface area (Å²) in [7, 11) is 1.99. The highest BCUT2D eigenvalue weighted by Crippen LogP contribution is 2.27. The van der Waals surface area contributed by atoms with Crippen molar-refractivity contribution >= 4 is 22.6 Å². The molecule has 9 heteroatoms. The first-order chi connectivity index (χ1) is 16.3. The second kappa shape index (κ2) is 8.57. The highest BCUT2D eigenvalue weighted by molar-refractivity contribution is 5.89. The summed E-state index contributed by atoms with van der Waals surface area (Å²) in [5.41, 5.74) is 9.91. The molecule has 1 fully saturated rings. The zero-order chi connectivity index (χ0) is 23.9. The molecule has 3 heterocycles. The number of imidazole rings is 1. The highest BCUT2D eigenvalue weighted by atomic mass is 16.5. The van der Waals surface area contributed by atoms with E-state index in [-0.39, 0.29) is 5.91 Å². The lowest BCUT2D eigenvalue weighted by atomic mass is 9.91. The number of amides is 1. The molecule has 1 aliphatic heterocycles. The average Bonchev–Trinajstić information content (AvgIpc) is 3.58. The Morgan fingerprint density at radius 2 is 1.88 bits per heavy atom. The number of aromatic nitrogens is 4. The number of aryl methyl sites for hydroxylation is 2. The zero-order valence-corrected chi connectivity index (χ0v) is 19.7. The van der Waals surface area contributed by atoms with Crippen molar-refractivity contribution in [3.63, 3.8) is 0 Å². The summed E-state index contributed by atoms with van der Waals surface area (Å²) < 4.78 is 7.10. The van der Waals surface area contributed by atoms with E-state index in [9.17, 15) is 4.79 Å². The molecule has 0 spiro atoms. The van der Waals surface area contributed by atoms with Crippen LogP contribution in [-0.2, 0) is 23.9 Å². The van der Waals surface area contributed by atoms with Crippen LogP contribution >= 0.6 is 0 Å². The largest absolute Gasteiger partial charge is 0.378 e. The van der Waals surface area contributed by atoms with Crippen LogP contribution in [-0.4, -0.2) is 43.6 Å². The number of nitrogens with two attached hydrogens (primary N) is 1. The monoisotopic (exact) mass is 459 g/mol. The van der Waals surface area contributed by atoms with E-state index in [4.69, 9.17) is 15.2 Å². The molecule has 3 N–H and O–H groups in total. The number of carbonyl (C=O) groups excluding carboxylic acids is 1. The van der Waals surface area contributed by atoms with Gasteiger partial charge in [0.1, 0.15) is 11.4 Å². The van der Waals surface area contributed by atoms with Crippen LogP contribution in [0.15, 0.2) is 47.0 Å². The van der Waals surface area contributed by atoms with Crippen LogP contribution in [0.4, 0.5) is 5.69 Å². The SMILES string of the molecule is Cc1nc(-c2ccc(NCc3nc4cc([C@@](C)(N)C(=O)N5CCCC5)ccc4n3C)cc2)no1. The van der Waals surface area contributed by atoms with Crippen molar-refractivity contribution in [2.75, 3.05) is 18.4 Å². The van der Waals surface area contributed by atoms with Crippen molar-refractivity contribution in [1.29, 1.82) is 0 Å². The maximum absolute atomic E-state index is 13.0. The molecule has 34 heavy (non-hydrogen) atoms. The van der Waals surface area contributed by atoms with Gasteiger partial charge < -0.3 is 25.0 Å². The van der Waals surface area contributed by atoms with E-state index < -0.39 is 5.54 Å². The first-order valence-electron chi connectivity index (χ1n) is 11.5. The van der Waals surface area contributed by atoms with Crippen molar-refractivity contribution in [2.24, 2.45) is 12.8 Å². The molecule has 0 bridgehead atoms. The summed E-state index contributed by atoms with van der Waals surface area (Å²) in [6, 6.07) is 13.7. The number of hydrogen-bond donors (Lipinski definition) is 2. The van der Waals surface area contributed by atoms with Crippen LogP contribution in [0.25, 0.3) is 22.4 Å². The van der Waals surface area contributed by atoms with Crippen LogP contribution in [0, 0.1) is 6.92 Å². The summed E-state index contributed by atoms with van der Waals surface area (Å²) in [5, 5.41) is 7.36. The maximum atomic E-state index is 13.0. The molecule has 5 rings (SSSR count). The van der Waals surface area contributed by atoms with E-state index in [1.54, 1.807) is 13.8 Å². The highest BCUT2D eigenvalue weighted by Gasteiger charge is 2.36. The number of likely N-dealkylation sites (tertiary alicyclic amines) is 1. The molecular weight excluding hydrogens is 430 g/mol. The molecule has 9 nitrogen and oxygen atoms in total. The lowest BCUT2D eigenvalue weighted by Gasteiger charge is -2.29. The summed E-state index contributed by atoms with van der Waals surface area (Å²) in [6.07, 6.45) is 2.08. The predicted octanol–water partition coefficient (Wildman–Crippen LogP) is 3.34. The Morgan fingerprint density at radius 3 is 2.56 bits per heavy atom. The first-order valence-corrected chi connectivity index (χ1v) is 11.5. The maximum Gasteiger partial charge on any atom is 0.246 e. The number of carbonyl (C=O) groups is 1. The van der Waals surface area contributed by atoms with Gasteiger partial charge in [0.05, 0.1) is 17.6 Å². The van der Waals surface area contributed by atoms with E-state index in [0.717, 1.165) is 59.6 Å². The molecule has 1 amide bonds. The number of fused-ring (bicyclic) bond motifs is 1. The van der Waals surface area contributed by atoms with Gasteiger partial charge in [0, 0.05) is 38.3 Å². The molecule has 1 saturated heterocycles. The normalized spacial score (nSPS) is 15.6. The Bertz CT molecular complexity index is 1330. The van der Waals surface area contributed by atoms with Crippen molar-refractivity contribution in [2.45, 2.75) is 38.8 Å². The quantitative estimate of drug-likeness (QED) is 0.454. The van der Waals surface area contributed by atoms with Gasteiger partial charge in [-0.2, -0.15) is 4.98 Å². The Balaban J connectivity index is 1.32. The number of benzene rings is 2. The molecule has 2 aromatic heterocycles. The van der Waals surface area contributed by atoms with Crippen molar-refractivity contribution in [3.05, 3.63) is 59.7 Å².